The summed E-state index contributed by atoms with van der Waals surface area (Å²) in [6, 6.07) is 11.9. The molecule has 6 nitrogen and oxygen atoms in total. The molecule has 0 unspecified atom stereocenters. The smallest absolute Gasteiger partial charge is 0.325 e. The van der Waals surface area contributed by atoms with Crippen molar-refractivity contribution in [2.45, 2.75) is 25.8 Å². The minimum absolute atomic E-state index is 0.319. The number of hydrogen-bond acceptors (Lipinski definition) is 3. The second-order valence-corrected chi connectivity index (χ2v) is 7.99. The van der Waals surface area contributed by atoms with E-state index in [4.69, 9.17) is 23.2 Å². The van der Waals surface area contributed by atoms with Crippen LogP contribution < -0.4 is 10.6 Å². The Bertz CT molecular complexity index is 962. The zero-order chi connectivity index (χ0) is 21.2. The van der Waals surface area contributed by atoms with Crippen molar-refractivity contribution in [3.8, 4) is 0 Å². The number of carbonyl (C=O) groups is 3. The van der Waals surface area contributed by atoms with E-state index in [1.807, 2.05) is 19.1 Å². The minimum atomic E-state index is -1.19. The van der Waals surface area contributed by atoms with E-state index in [0.717, 1.165) is 16.0 Å². The summed E-state index contributed by atoms with van der Waals surface area (Å²) in [5.74, 6) is -0.881. The van der Waals surface area contributed by atoms with Crippen LogP contribution in [0.5, 0.6) is 0 Å². The van der Waals surface area contributed by atoms with Crippen molar-refractivity contribution in [1.29, 1.82) is 0 Å². The van der Waals surface area contributed by atoms with E-state index in [1.54, 1.807) is 37.3 Å². The first-order chi connectivity index (χ1) is 13.7. The quantitative estimate of drug-likeness (QED) is 0.684. The molecule has 3 rings (SSSR count). The standard InChI is InChI=1S/C21H21Cl2N3O3/c1-13-3-6-15(7-4-13)21(2)19(28)26(20(29)25-21)12-18(27)24-10-9-14-5-8-16(22)11-17(14)23/h3-8,11H,9-10,12H2,1-2H3,(H,24,27)(H,25,29)/t21-/m1/s1. The Labute approximate surface area is 179 Å². The predicted octanol–water partition coefficient (Wildman–Crippen LogP) is 3.43. The molecule has 1 heterocycles. The van der Waals surface area contributed by atoms with Crippen molar-refractivity contribution < 1.29 is 14.4 Å². The summed E-state index contributed by atoms with van der Waals surface area (Å²) >= 11 is 12.0. The molecule has 1 fully saturated rings. The molecule has 2 aromatic rings. The second-order valence-electron chi connectivity index (χ2n) is 7.15. The topological polar surface area (TPSA) is 78.5 Å². The lowest BCUT2D eigenvalue weighted by atomic mass is 9.91. The maximum atomic E-state index is 12.9. The van der Waals surface area contributed by atoms with E-state index < -0.39 is 23.4 Å². The van der Waals surface area contributed by atoms with Gasteiger partial charge in [-0.25, -0.2) is 4.79 Å². The number of hydrogen-bond donors (Lipinski definition) is 2. The molecule has 0 spiro atoms. The van der Waals surface area contributed by atoms with E-state index in [0.29, 0.717) is 28.6 Å². The molecule has 1 atom stereocenters. The van der Waals surface area contributed by atoms with Gasteiger partial charge in [0.05, 0.1) is 0 Å². The van der Waals surface area contributed by atoms with Crippen LogP contribution in [0.3, 0.4) is 0 Å². The number of nitrogens with one attached hydrogen (secondary N) is 2. The third-order valence-electron chi connectivity index (χ3n) is 4.94. The minimum Gasteiger partial charge on any atom is -0.354 e. The molecule has 29 heavy (non-hydrogen) atoms. The highest BCUT2D eigenvalue weighted by molar-refractivity contribution is 6.35. The molecule has 0 bridgehead atoms. The molecule has 0 radical (unpaired) electrons. The third kappa shape index (κ3) is 4.54. The SMILES string of the molecule is Cc1ccc([C@@]2(C)NC(=O)N(CC(=O)NCCc3ccc(Cl)cc3Cl)C2=O)cc1. The van der Waals surface area contributed by atoms with Gasteiger partial charge >= 0.3 is 6.03 Å². The van der Waals surface area contributed by atoms with E-state index in [1.165, 1.54) is 0 Å². The van der Waals surface area contributed by atoms with Crippen molar-refractivity contribution in [2.24, 2.45) is 0 Å². The highest BCUT2D eigenvalue weighted by Crippen LogP contribution is 2.28. The molecule has 2 N–H and O–H groups in total. The normalized spacial score (nSPS) is 18.7. The Hall–Kier alpha value is -2.57. The van der Waals surface area contributed by atoms with E-state index in [2.05, 4.69) is 10.6 Å². The van der Waals surface area contributed by atoms with Gasteiger partial charge in [0.2, 0.25) is 5.91 Å². The van der Waals surface area contributed by atoms with Gasteiger partial charge in [-0.3, -0.25) is 14.5 Å². The summed E-state index contributed by atoms with van der Waals surface area (Å²) in [7, 11) is 0. The first kappa shape index (κ1) is 21.1. The third-order valence-corrected chi connectivity index (χ3v) is 5.52. The highest BCUT2D eigenvalue weighted by atomic mass is 35.5. The van der Waals surface area contributed by atoms with E-state index in [9.17, 15) is 14.4 Å². The van der Waals surface area contributed by atoms with Crippen molar-refractivity contribution in [2.75, 3.05) is 13.1 Å². The fraction of sp³-hybridized carbons (Fsp3) is 0.286. The fourth-order valence-electron chi connectivity index (χ4n) is 3.18. The summed E-state index contributed by atoms with van der Waals surface area (Å²) in [6.07, 6.45) is 0.503. The average molecular weight is 434 g/mol. The summed E-state index contributed by atoms with van der Waals surface area (Å²) in [5, 5.41) is 6.47. The molecular formula is C21H21Cl2N3O3. The number of benzene rings is 2. The second kappa shape index (κ2) is 8.43. The molecule has 0 saturated carbocycles. The zero-order valence-corrected chi connectivity index (χ0v) is 17.6. The number of carbonyl (C=O) groups excluding carboxylic acids is 3. The Kier molecular flexibility index (Phi) is 6.15. The lowest BCUT2D eigenvalue weighted by Gasteiger charge is -2.22. The van der Waals surface area contributed by atoms with E-state index in [-0.39, 0.29) is 6.54 Å². The number of halogens is 2. The molecule has 152 valence electrons. The molecule has 0 aromatic heterocycles. The molecular weight excluding hydrogens is 413 g/mol. The lowest BCUT2D eigenvalue weighted by Crippen LogP contribution is -2.43. The molecule has 1 aliphatic rings. The summed E-state index contributed by atoms with van der Waals surface area (Å²) in [5.41, 5.74) is 1.37. The van der Waals surface area contributed by atoms with Gasteiger partial charge in [0.25, 0.3) is 5.91 Å². The zero-order valence-electron chi connectivity index (χ0n) is 16.1. The molecule has 2 aromatic carbocycles. The Morgan fingerprint density at radius 2 is 1.83 bits per heavy atom. The molecule has 4 amide bonds. The summed E-state index contributed by atoms with van der Waals surface area (Å²) < 4.78 is 0. The van der Waals surface area contributed by atoms with Crippen LogP contribution in [0, 0.1) is 6.92 Å². The van der Waals surface area contributed by atoms with Gasteiger partial charge in [-0.1, -0.05) is 59.1 Å². The van der Waals surface area contributed by atoms with Gasteiger partial charge in [0.15, 0.2) is 0 Å². The van der Waals surface area contributed by atoms with Crippen molar-refractivity contribution in [1.82, 2.24) is 15.5 Å². The van der Waals surface area contributed by atoms with Crippen LogP contribution in [-0.2, 0) is 21.5 Å². The van der Waals surface area contributed by atoms with Gasteiger partial charge < -0.3 is 10.6 Å². The number of amides is 4. The highest BCUT2D eigenvalue weighted by Gasteiger charge is 2.49. The maximum absolute atomic E-state index is 12.9. The monoisotopic (exact) mass is 433 g/mol. The fourth-order valence-corrected chi connectivity index (χ4v) is 3.69. The number of urea groups is 1. The first-order valence-electron chi connectivity index (χ1n) is 9.12. The number of imide groups is 1. The van der Waals surface area contributed by atoms with Crippen LogP contribution in [-0.4, -0.2) is 35.8 Å². The number of rotatable bonds is 6. The first-order valence-corrected chi connectivity index (χ1v) is 9.88. The lowest BCUT2D eigenvalue weighted by molar-refractivity contribution is -0.134. The van der Waals surface area contributed by atoms with Crippen LogP contribution in [0.15, 0.2) is 42.5 Å². The van der Waals surface area contributed by atoms with Crippen LogP contribution in [0.25, 0.3) is 0 Å². The molecule has 0 aliphatic carbocycles. The van der Waals surface area contributed by atoms with Crippen molar-refractivity contribution in [3.63, 3.8) is 0 Å². The summed E-state index contributed by atoms with van der Waals surface area (Å²) in [4.78, 5) is 38.4. The molecule has 1 aliphatic heterocycles. The molecule has 1 saturated heterocycles. The molecule has 8 heteroatoms. The van der Waals surface area contributed by atoms with Crippen LogP contribution in [0.1, 0.15) is 23.6 Å². The Morgan fingerprint density at radius 1 is 1.14 bits per heavy atom. The van der Waals surface area contributed by atoms with Crippen LogP contribution >= 0.6 is 23.2 Å². The van der Waals surface area contributed by atoms with Gasteiger partial charge in [0.1, 0.15) is 12.1 Å². The van der Waals surface area contributed by atoms with Gasteiger partial charge in [-0.2, -0.15) is 0 Å². The van der Waals surface area contributed by atoms with Crippen molar-refractivity contribution >= 4 is 41.0 Å². The number of aryl methyl sites for hydroxylation is 1. The van der Waals surface area contributed by atoms with Gasteiger partial charge in [-0.15, -0.1) is 0 Å². The number of nitrogens with zero attached hydrogens (tertiary/aromatic N) is 1. The van der Waals surface area contributed by atoms with E-state index >= 15 is 0 Å². The van der Waals surface area contributed by atoms with Gasteiger partial charge in [-0.05, 0) is 43.5 Å². The van der Waals surface area contributed by atoms with Crippen molar-refractivity contribution in [3.05, 3.63) is 69.2 Å². The van der Waals surface area contributed by atoms with Crippen LogP contribution in [0.4, 0.5) is 4.79 Å². The predicted molar refractivity (Wildman–Crippen MR) is 112 cm³/mol. The largest absolute Gasteiger partial charge is 0.354 e. The average Bonchev–Trinajstić information content (AvgIpc) is 2.88. The Balaban J connectivity index is 1.59. The van der Waals surface area contributed by atoms with Crippen LogP contribution in [0.2, 0.25) is 10.0 Å². The van der Waals surface area contributed by atoms with Gasteiger partial charge in [0, 0.05) is 16.6 Å². The maximum Gasteiger partial charge on any atom is 0.325 e. The Morgan fingerprint density at radius 3 is 2.48 bits per heavy atom. The summed E-state index contributed by atoms with van der Waals surface area (Å²) in [6.45, 7) is 3.55.